The van der Waals surface area contributed by atoms with Crippen molar-refractivity contribution in [2.75, 3.05) is 13.2 Å². The first-order chi connectivity index (χ1) is 7.59. The van der Waals surface area contributed by atoms with Crippen LogP contribution in [0.25, 0.3) is 0 Å². The third-order valence-corrected chi connectivity index (χ3v) is 2.51. The zero-order chi connectivity index (χ0) is 11.7. The molecule has 2 rings (SSSR count). The average Bonchev–Trinajstić information content (AvgIpc) is 2.67. The molecule has 1 aliphatic heterocycles. The number of nitro groups is 1. The molecule has 0 aliphatic carbocycles. The highest BCUT2D eigenvalue weighted by molar-refractivity contribution is 5.95. The van der Waals surface area contributed by atoms with E-state index >= 15 is 0 Å². The standard InChI is InChI=1S/C11H12N2O3/c1-7-5-9(11-12-3-4-16-11)6-8(2)10(7)13(14)15/h5-6H,3-4H2,1-2H3. The van der Waals surface area contributed by atoms with E-state index in [1.807, 2.05) is 0 Å². The van der Waals surface area contributed by atoms with Crippen LogP contribution in [-0.4, -0.2) is 24.0 Å². The molecule has 0 fully saturated rings. The Bertz CT molecular complexity index is 457. The van der Waals surface area contributed by atoms with Crippen LogP contribution < -0.4 is 0 Å². The summed E-state index contributed by atoms with van der Waals surface area (Å²) < 4.78 is 5.33. The van der Waals surface area contributed by atoms with Crippen molar-refractivity contribution in [3.05, 3.63) is 38.9 Å². The molecule has 5 nitrogen and oxygen atoms in total. The molecule has 0 atom stereocenters. The third-order valence-electron chi connectivity index (χ3n) is 2.51. The SMILES string of the molecule is Cc1cc(C2=NCCO2)cc(C)c1[N+](=O)[O-]. The summed E-state index contributed by atoms with van der Waals surface area (Å²) >= 11 is 0. The fourth-order valence-electron chi connectivity index (χ4n) is 1.88. The fourth-order valence-corrected chi connectivity index (χ4v) is 1.88. The van der Waals surface area contributed by atoms with Gasteiger partial charge in [0.25, 0.3) is 5.69 Å². The molecule has 84 valence electrons. The summed E-state index contributed by atoms with van der Waals surface area (Å²) in [6, 6.07) is 3.49. The molecule has 1 heterocycles. The minimum atomic E-state index is -0.355. The summed E-state index contributed by atoms with van der Waals surface area (Å²) in [5, 5.41) is 10.8. The second-order valence-electron chi connectivity index (χ2n) is 3.75. The van der Waals surface area contributed by atoms with Crippen LogP contribution in [-0.2, 0) is 4.74 Å². The van der Waals surface area contributed by atoms with Crippen LogP contribution in [0.1, 0.15) is 16.7 Å². The number of nitro benzene ring substituents is 1. The molecule has 0 unspecified atom stereocenters. The lowest BCUT2D eigenvalue weighted by atomic mass is 10.0. The topological polar surface area (TPSA) is 64.7 Å². The van der Waals surface area contributed by atoms with Gasteiger partial charge in [-0.2, -0.15) is 0 Å². The monoisotopic (exact) mass is 220 g/mol. The third kappa shape index (κ3) is 1.76. The van der Waals surface area contributed by atoms with E-state index < -0.39 is 0 Å². The first kappa shape index (κ1) is 10.6. The molecule has 0 spiro atoms. The Hall–Kier alpha value is -1.91. The first-order valence-electron chi connectivity index (χ1n) is 5.03. The smallest absolute Gasteiger partial charge is 0.275 e. The second kappa shape index (κ2) is 3.92. The van der Waals surface area contributed by atoms with Crippen LogP contribution in [0.5, 0.6) is 0 Å². The number of nitrogens with zero attached hydrogens (tertiary/aromatic N) is 2. The van der Waals surface area contributed by atoms with Gasteiger partial charge in [0.2, 0.25) is 5.90 Å². The Morgan fingerprint density at radius 3 is 2.44 bits per heavy atom. The van der Waals surface area contributed by atoms with Gasteiger partial charge in [-0.1, -0.05) is 0 Å². The summed E-state index contributed by atoms with van der Waals surface area (Å²) in [5.74, 6) is 0.584. The fraction of sp³-hybridized carbons (Fsp3) is 0.364. The van der Waals surface area contributed by atoms with E-state index in [0.29, 0.717) is 30.2 Å². The van der Waals surface area contributed by atoms with Crippen LogP contribution in [0.4, 0.5) is 5.69 Å². The molecule has 0 saturated carbocycles. The Balaban J connectivity index is 2.48. The van der Waals surface area contributed by atoms with Gasteiger partial charge in [0.15, 0.2) is 0 Å². The molecule has 0 amide bonds. The molecule has 0 aromatic heterocycles. The van der Waals surface area contributed by atoms with Gasteiger partial charge in [-0.05, 0) is 26.0 Å². The Morgan fingerprint density at radius 2 is 2.00 bits per heavy atom. The van der Waals surface area contributed by atoms with E-state index in [1.54, 1.807) is 26.0 Å². The van der Waals surface area contributed by atoms with E-state index in [-0.39, 0.29) is 10.6 Å². The van der Waals surface area contributed by atoms with Crippen molar-refractivity contribution in [3.63, 3.8) is 0 Å². The van der Waals surface area contributed by atoms with Crippen LogP contribution in [0.2, 0.25) is 0 Å². The predicted molar refractivity (Wildman–Crippen MR) is 59.9 cm³/mol. The first-order valence-corrected chi connectivity index (χ1v) is 5.03. The maximum Gasteiger partial charge on any atom is 0.275 e. The van der Waals surface area contributed by atoms with Crippen LogP contribution in [0, 0.1) is 24.0 Å². The second-order valence-corrected chi connectivity index (χ2v) is 3.75. The van der Waals surface area contributed by atoms with Gasteiger partial charge in [0, 0.05) is 16.7 Å². The van der Waals surface area contributed by atoms with Crippen molar-refractivity contribution in [3.8, 4) is 0 Å². The number of benzene rings is 1. The molecular weight excluding hydrogens is 208 g/mol. The Labute approximate surface area is 92.9 Å². The van der Waals surface area contributed by atoms with Crippen molar-refractivity contribution < 1.29 is 9.66 Å². The average molecular weight is 220 g/mol. The molecule has 0 bridgehead atoms. The van der Waals surface area contributed by atoms with Crippen LogP contribution in [0.15, 0.2) is 17.1 Å². The summed E-state index contributed by atoms with van der Waals surface area (Å²) in [6.07, 6.45) is 0. The molecule has 1 aromatic carbocycles. The lowest BCUT2D eigenvalue weighted by Gasteiger charge is -2.06. The number of ether oxygens (including phenoxy) is 1. The van der Waals surface area contributed by atoms with Gasteiger partial charge in [-0.25, -0.2) is 4.99 Å². The van der Waals surface area contributed by atoms with Crippen molar-refractivity contribution in [1.82, 2.24) is 0 Å². The van der Waals surface area contributed by atoms with Crippen LogP contribution >= 0.6 is 0 Å². The summed E-state index contributed by atoms with van der Waals surface area (Å²) in [5.41, 5.74) is 2.26. The largest absolute Gasteiger partial charge is 0.476 e. The van der Waals surface area contributed by atoms with Gasteiger partial charge in [-0.3, -0.25) is 10.1 Å². The van der Waals surface area contributed by atoms with Gasteiger partial charge >= 0.3 is 0 Å². The molecule has 0 N–H and O–H groups in total. The molecule has 1 aromatic rings. The minimum Gasteiger partial charge on any atom is -0.476 e. The van der Waals surface area contributed by atoms with E-state index in [9.17, 15) is 10.1 Å². The van der Waals surface area contributed by atoms with Gasteiger partial charge in [0.05, 0.1) is 11.5 Å². The Morgan fingerprint density at radius 1 is 1.38 bits per heavy atom. The van der Waals surface area contributed by atoms with Gasteiger partial charge < -0.3 is 4.74 Å². The number of rotatable bonds is 2. The highest BCUT2D eigenvalue weighted by Crippen LogP contribution is 2.25. The van der Waals surface area contributed by atoms with E-state index in [1.165, 1.54) is 0 Å². The molecular formula is C11H12N2O3. The molecule has 0 saturated heterocycles. The quantitative estimate of drug-likeness (QED) is 0.565. The zero-order valence-corrected chi connectivity index (χ0v) is 9.19. The maximum atomic E-state index is 10.8. The number of aryl methyl sites for hydroxylation is 2. The van der Waals surface area contributed by atoms with Gasteiger partial charge in [0.1, 0.15) is 6.61 Å². The number of hydrogen-bond acceptors (Lipinski definition) is 4. The van der Waals surface area contributed by atoms with Crippen molar-refractivity contribution in [1.29, 1.82) is 0 Å². The van der Waals surface area contributed by atoms with Crippen molar-refractivity contribution in [2.45, 2.75) is 13.8 Å². The van der Waals surface area contributed by atoms with E-state index in [4.69, 9.17) is 4.74 Å². The minimum absolute atomic E-state index is 0.169. The summed E-state index contributed by atoms with van der Waals surface area (Å²) in [4.78, 5) is 14.7. The predicted octanol–water partition coefficient (Wildman–Crippen LogP) is 1.99. The normalized spacial score (nSPS) is 14.5. The van der Waals surface area contributed by atoms with Crippen molar-refractivity contribution >= 4 is 11.6 Å². The maximum absolute atomic E-state index is 10.8. The zero-order valence-electron chi connectivity index (χ0n) is 9.19. The summed E-state index contributed by atoms with van der Waals surface area (Å²) in [7, 11) is 0. The number of hydrogen-bond donors (Lipinski definition) is 0. The molecule has 1 aliphatic rings. The highest BCUT2D eigenvalue weighted by Gasteiger charge is 2.19. The van der Waals surface area contributed by atoms with Gasteiger partial charge in [-0.15, -0.1) is 0 Å². The molecule has 5 heteroatoms. The molecule has 0 radical (unpaired) electrons. The number of aliphatic imine (C=N–C) groups is 1. The Kier molecular flexibility index (Phi) is 2.60. The van der Waals surface area contributed by atoms with Crippen molar-refractivity contribution in [2.24, 2.45) is 4.99 Å². The molecule has 16 heavy (non-hydrogen) atoms. The van der Waals surface area contributed by atoms with E-state index in [2.05, 4.69) is 4.99 Å². The highest BCUT2D eigenvalue weighted by atomic mass is 16.6. The van der Waals surface area contributed by atoms with E-state index in [0.717, 1.165) is 5.56 Å². The lowest BCUT2D eigenvalue weighted by molar-refractivity contribution is -0.386. The van der Waals surface area contributed by atoms with Crippen LogP contribution in [0.3, 0.4) is 0 Å². The summed E-state index contributed by atoms with van der Waals surface area (Å²) in [6.45, 7) is 4.70. The lowest BCUT2D eigenvalue weighted by Crippen LogP contribution is -2.04.